The Morgan fingerprint density at radius 2 is 2.28 bits per heavy atom. The molecular weight excluding hydrogens is 250 g/mol. The van der Waals surface area contributed by atoms with Crippen molar-refractivity contribution in [2.45, 2.75) is 13.5 Å². The Labute approximate surface area is 109 Å². The molecular formula is C12H13N3O2S. The lowest BCUT2D eigenvalue weighted by Gasteiger charge is -2.04. The molecule has 0 saturated heterocycles. The molecule has 0 aliphatic carbocycles. The number of azo groups is 1. The maximum absolute atomic E-state index is 9.45. The van der Waals surface area contributed by atoms with Crippen LogP contribution in [-0.4, -0.2) is 17.2 Å². The number of ether oxygens (including phenoxy) is 1. The van der Waals surface area contributed by atoms with Crippen LogP contribution in [0.25, 0.3) is 0 Å². The van der Waals surface area contributed by atoms with Crippen LogP contribution >= 0.6 is 11.3 Å². The third-order valence-electron chi connectivity index (χ3n) is 2.26. The van der Waals surface area contributed by atoms with Gasteiger partial charge in [-0.3, -0.25) is 0 Å². The van der Waals surface area contributed by atoms with Crippen molar-refractivity contribution in [1.82, 2.24) is 4.98 Å². The highest BCUT2D eigenvalue weighted by Crippen LogP contribution is 2.26. The third-order valence-corrected chi connectivity index (χ3v) is 3.10. The average Bonchev–Trinajstić information content (AvgIpc) is 2.77. The van der Waals surface area contributed by atoms with E-state index in [1.165, 1.54) is 18.4 Å². The lowest BCUT2D eigenvalue weighted by Crippen LogP contribution is -1.86. The summed E-state index contributed by atoms with van der Waals surface area (Å²) in [6.45, 7) is 2.34. The Bertz CT molecular complexity index is 566. The first kappa shape index (κ1) is 12.5. The van der Waals surface area contributed by atoms with Crippen molar-refractivity contribution < 1.29 is 9.84 Å². The lowest BCUT2D eigenvalue weighted by molar-refractivity contribution is 0.373. The van der Waals surface area contributed by atoms with Gasteiger partial charge in [-0.15, -0.1) is 16.5 Å². The fourth-order valence-electron chi connectivity index (χ4n) is 1.39. The molecule has 5 nitrogen and oxygen atoms in total. The number of hydrogen-bond acceptors (Lipinski definition) is 6. The molecule has 1 aromatic heterocycles. The van der Waals surface area contributed by atoms with E-state index in [9.17, 15) is 5.11 Å². The van der Waals surface area contributed by atoms with E-state index in [-0.39, 0.29) is 5.75 Å². The zero-order chi connectivity index (χ0) is 13.0. The van der Waals surface area contributed by atoms with Crippen LogP contribution in [0.4, 0.5) is 5.13 Å². The number of aryl methyl sites for hydroxylation is 1. The number of methoxy groups -OCH3 is 1. The standard InChI is InChI=1S/C12H13N3O2S/c1-8-7-18-12(14-8)15-13-6-9-3-4-10(16)11(5-9)17-2/h3-5,7,16H,6H2,1-2H3. The van der Waals surface area contributed by atoms with Crippen LogP contribution in [0.2, 0.25) is 0 Å². The van der Waals surface area contributed by atoms with Crippen LogP contribution in [-0.2, 0) is 6.54 Å². The summed E-state index contributed by atoms with van der Waals surface area (Å²) >= 11 is 1.46. The molecule has 0 aliphatic rings. The summed E-state index contributed by atoms with van der Waals surface area (Å²) in [7, 11) is 1.51. The van der Waals surface area contributed by atoms with E-state index < -0.39 is 0 Å². The quantitative estimate of drug-likeness (QED) is 0.859. The summed E-state index contributed by atoms with van der Waals surface area (Å²) in [5, 5.41) is 20.1. The second-order valence-electron chi connectivity index (χ2n) is 3.68. The van der Waals surface area contributed by atoms with Gasteiger partial charge in [0.15, 0.2) is 11.5 Å². The van der Waals surface area contributed by atoms with E-state index in [0.29, 0.717) is 17.4 Å². The van der Waals surface area contributed by atoms with Crippen molar-refractivity contribution in [2.24, 2.45) is 10.2 Å². The van der Waals surface area contributed by atoms with Gasteiger partial charge in [0, 0.05) is 5.38 Å². The zero-order valence-electron chi connectivity index (χ0n) is 10.1. The van der Waals surface area contributed by atoms with E-state index in [1.807, 2.05) is 12.3 Å². The van der Waals surface area contributed by atoms with Gasteiger partial charge in [0.25, 0.3) is 0 Å². The molecule has 94 valence electrons. The Kier molecular flexibility index (Phi) is 3.88. The molecule has 0 spiro atoms. The number of hydrogen-bond donors (Lipinski definition) is 1. The van der Waals surface area contributed by atoms with Gasteiger partial charge in [-0.1, -0.05) is 6.07 Å². The molecule has 2 aromatic rings. The molecule has 1 heterocycles. The first-order valence-corrected chi connectivity index (χ1v) is 6.22. The first-order chi connectivity index (χ1) is 8.69. The van der Waals surface area contributed by atoms with Crippen molar-refractivity contribution in [1.29, 1.82) is 0 Å². The highest BCUT2D eigenvalue weighted by Gasteiger charge is 2.02. The number of nitrogens with zero attached hydrogens (tertiary/aromatic N) is 3. The van der Waals surface area contributed by atoms with E-state index in [4.69, 9.17) is 4.74 Å². The Morgan fingerprint density at radius 1 is 1.44 bits per heavy atom. The maximum Gasteiger partial charge on any atom is 0.229 e. The zero-order valence-corrected chi connectivity index (χ0v) is 10.9. The Balaban J connectivity index is 2.04. The van der Waals surface area contributed by atoms with E-state index >= 15 is 0 Å². The number of aromatic nitrogens is 1. The van der Waals surface area contributed by atoms with Crippen LogP contribution in [0.1, 0.15) is 11.3 Å². The number of rotatable bonds is 4. The second kappa shape index (κ2) is 5.59. The van der Waals surface area contributed by atoms with Gasteiger partial charge in [0.2, 0.25) is 5.13 Å². The van der Waals surface area contributed by atoms with Crippen LogP contribution in [0.15, 0.2) is 33.8 Å². The highest BCUT2D eigenvalue weighted by atomic mass is 32.1. The minimum Gasteiger partial charge on any atom is -0.504 e. The number of phenolic OH excluding ortho intramolecular Hbond substituents is 1. The lowest BCUT2D eigenvalue weighted by atomic mass is 10.2. The molecule has 18 heavy (non-hydrogen) atoms. The molecule has 6 heteroatoms. The summed E-state index contributed by atoms with van der Waals surface area (Å²) in [5.74, 6) is 0.557. The van der Waals surface area contributed by atoms with Crippen molar-refractivity contribution in [3.05, 3.63) is 34.8 Å². The van der Waals surface area contributed by atoms with E-state index in [0.717, 1.165) is 11.3 Å². The van der Waals surface area contributed by atoms with Gasteiger partial charge >= 0.3 is 0 Å². The summed E-state index contributed by atoms with van der Waals surface area (Å²) < 4.78 is 5.02. The van der Waals surface area contributed by atoms with Gasteiger partial charge in [0.1, 0.15) is 0 Å². The Morgan fingerprint density at radius 3 is 2.94 bits per heavy atom. The Hall–Kier alpha value is -1.95. The SMILES string of the molecule is COc1cc(CN=Nc2nc(C)cs2)ccc1O. The van der Waals surface area contributed by atoms with Crippen molar-refractivity contribution in [2.75, 3.05) is 7.11 Å². The van der Waals surface area contributed by atoms with Crippen LogP contribution < -0.4 is 4.74 Å². The fourth-order valence-corrected chi connectivity index (χ4v) is 2.02. The molecule has 0 fully saturated rings. The van der Waals surface area contributed by atoms with Gasteiger partial charge in [-0.25, -0.2) is 4.98 Å². The van der Waals surface area contributed by atoms with Crippen molar-refractivity contribution >= 4 is 16.5 Å². The van der Waals surface area contributed by atoms with Gasteiger partial charge < -0.3 is 9.84 Å². The molecule has 0 atom stereocenters. The topological polar surface area (TPSA) is 67.1 Å². The number of thiazole rings is 1. The molecule has 0 saturated carbocycles. The number of phenols is 1. The van der Waals surface area contributed by atoms with Crippen LogP contribution in [0.3, 0.4) is 0 Å². The molecule has 0 unspecified atom stereocenters. The predicted octanol–water partition coefficient (Wildman–Crippen LogP) is 3.45. The minimum absolute atomic E-state index is 0.119. The average molecular weight is 263 g/mol. The minimum atomic E-state index is 0.119. The number of benzene rings is 1. The highest BCUT2D eigenvalue weighted by molar-refractivity contribution is 7.13. The van der Waals surface area contributed by atoms with Crippen molar-refractivity contribution in [3.8, 4) is 11.5 Å². The molecule has 0 aliphatic heterocycles. The van der Waals surface area contributed by atoms with Crippen LogP contribution in [0.5, 0.6) is 11.5 Å². The molecule has 0 radical (unpaired) electrons. The van der Waals surface area contributed by atoms with Gasteiger partial charge in [0.05, 0.1) is 19.3 Å². The number of aromatic hydroxyl groups is 1. The molecule has 1 N–H and O–H groups in total. The molecule has 0 bridgehead atoms. The fraction of sp³-hybridized carbons (Fsp3) is 0.250. The third kappa shape index (κ3) is 3.04. The van der Waals surface area contributed by atoms with E-state index in [2.05, 4.69) is 15.2 Å². The normalized spacial score (nSPS) is 11.0. The van der Waals surface area contributed by atoms with E-state index in [1.54, 1.807) is 18.2 Å². The van der Waals surface area contributed by atoms with Gasteiger partial charge in [-0.2, -0.15) is 5.11 Å². The maximum atomic E-state index is 9.45. The molecule has 1 aromatic carbocycles. The monoisotopic (exact) mass is 263 g/mol. The van der Waals surface area contributed by atoms with Crippen molar-refractivity contribution in [3.63, 3.8) is 0 Å². The summed E-state index contributed by atoms with van der Waals surface area (Å²) in [6, 6.07) is 5.10. The second-order valence-corrected chi connectivity index (χ2v) is 4.51. The summed E-state index contributed by atoms with van der Waals surface area (Å²) in [5.41, 5.74) is 1.86. The first-order valence-electron chi connectivity index (χ1n) is 5.34. The summed E-state index contributed by atoms with van der Waals surface area (Å²) in [6.07, 6.45) is 0. The summed E-state index contributed by atoms with van der Waals surface area (Å²) in [4.78, 5) is 4.18. The molecule has 0 amide bonds. The van der Waals surface area contributed by atoms with Gasteiger partial charge in [-0.05, 0) is 24.6 Å². The largest absolute Gasteiger partial charge is 0.504 e. The predicted molar refractivity (Wildman–Crippen MR) is 69.7 cm³/mol. The van der Waals surface area contributed by atoms with Crippen LogP contribution in [0, 0.1) is 6.92 Å². The smallest absolute Gasteiger partial charge is 0.229 e. The molecule has 2 rings (SSSR count).